The van der Waals surface area contributed by atoms with Crippen molar-refractivity contribution in [1.82, 2.24) is 10.4 Å². The second-order valence-electron chi connectivity index (χ2n) is 6.55. The van der Waals surface area contributed by atoms with Crippen molar-refractivity contribution in [2.45, 2.75) is 6.61 Å². The van der Waals surface area contributed by atoms with E-state index in [4.69, 9.17) is 4.74 Å². The minimum atomic E-state index is -0.319. The smallest absolute Gasteiger partial charge is 0.273 e. The number of ether oxygens (including phenoxy) is 1. The number of nitrogens with one attached hydrogen (secondary N) is 2. The lowest BCUT2D eigenvalue weighted by molar-refractivity contribution is 0.0957. The first-order valence-corrected chi connectivity index (χ1v) is 9.96. The highest BCUT2D eigenvalue weighted by Gasteiger charge is 2.11. The van der Waals surface area contributed by atoms with Crippen LogP contribution in [-0.4, -0.2) is 17.1 Å². The summed E-state index contributed by atoms with van der Waals surface area (Å²) in [6.45, 7) is 0.210. The normalized spacial score (nSPS) is 11.1. The molecule has 0 fully saturated rings. The number of hydrogen-bond acceptors (Lipinski definition) is 3. The van der Waals surface area contributed by atoms with Gasteiger partial charge in [0.2, 0.25) is 0 Å². The number of H-pyrrole nitrogens is 1. The fraction of sp³-hybridized carbons (Fsp3) is 0.0435. The monoisotopic (exact) mass is 465 g/mol. The van der Waals surface area contributed by atoms with Crippen LogP contribution < -0.4 is 10.2 Å². The number of aromatic amines is 1. The Hall–Kier alpha value is -3.45. The van der Waals surface area contributed by atoms with Gasteiger partial charge in [0.05, 0.1) is 11.8 Å². The van der Waals surface area contributed by atoms with Crippen LogP contribution in [0.2, 0.25) is 0 Å². The van der Waals surface area contributed by atoms with Crippen LogP contribution >= 0.6 is 15.9 Å². The van der Waals surface area contributed by atoms with Gasteiger partial charge in [0.25, 0.3) is 5.91 Å². The molecular weight excluding hydrogens is 449 g/mol. The third-order valence-corrected chi connectivity index (χ3v) is 4.95. The molecule has 0 aliphatic rings. The van der Waals surface area contributed by atoms with E-state index in [0.29, 0.717) is 22.4 Å². The van der Waals surface area contributed by atoms with Gasteiger partial charge in [-0.15, -0.1) is 0 Å². The molecule has 0 atom stereocenters. The number of hydrogen-bond donors (Lipinski definition) is 2. The van der Waals surface area contributed by atoms with Crippen molar-refractivity contribution in [3.05, 3.63) is 99.9 Å². The van der Waals surface area contributed by atoms with Crippen LogP contribution in [0.3, 0.4) is 0 Å². The van der Waals surface area contributed by atoms with E-state index in [0.717, 1.165) is 15.4 Å². The van der Waals surface area contributed by atoms with E-state index in [2.05, 4.69) is 31.4 Å². The van der Waals surface area contributed by atoms with Gasteiger partial charge in [-0.1, -0.05) is 46.3 Å². The molecule has 1 heterocycles. The first-order chi connectivity index (χ1) is 14.6. The SMILES string of the molecule is O=C(N/N=C/c1cc(Br)ccc1OCc1cccc(F)c1)c1c[nH]c2ccccc12. The molecule has 4 aromatic rings. The van der Waals surface area contributed by atoms with Gasteiger partial charge >= 0.3 is 0 Å². The number of benzene rings is 3. The quantitative estimate of drug-likeness (QED) is 0.295. The third kappa shape index (κ3) is 4.58. The van der Waals surface area contributed by atoms with Gasteiger partial charge in [0.15, 0.2) is 0 Å². The lowest BCUT2D eigenvalue weighted by Gasteiger charge is -2.10. The minimum absolute atomic E-state index is 0.210. The summed E-state index contributed by atoms with van der Waals surface area (Å²) in [7, 11) is 0. The molecule has 150 valence electrons. The molecule has 0 saturated heterocycles. The summed E-state index contributed by atoms with van der Waals surface area (Å²) >= 11 is 3.42. The Morgan fingerprint density at radius 3 is 2.87 bits per heavy atom. The van der Waals surface area contributed by atoms with E-state index in [-0.39, 0.29) is 18.3 Å². The van der Waals surface area contributed by atoms with Crippen molar-refractivity contribution in [1.29, 1.82) is 0 Å². The Balaban J connectivity index is 1.47. The molecule has 0 spiro atoms. The maximum atomic E-state index is 13.4. The van der Waals surface area contributed by atoms with Crippen molar-refractivity contribution in [2.24, 2.45) is 5.10 Å². The predicted octanol–water partition coefficient (Wildman–Crippen LogP) is 5.41. The fourth-order valence-electron chi connectivity index (χ4n) is 3.02. The number of nitrogens with zero attached hydrogens (tertiary/aromatic N) is 1. The summed E-state index contributed by atoms with van der Waals surface area (Å²) < 4.78 is 20.0. The van der Waals surface area contributed by atoms with Crippen LogP contribution in [0.25, 0.3) is 10.9 Å². The third-order valence-electron chi connectivity index (χ3n) is 4.46. The summed E-state index contributed by atoms with van der Waals surface area (Å²) in [4.78, 5) is 15.5. The molecule has 0 bridgehead atoms. The number of carbonyl (C=O) groups is 1. The standard InChI is InChI=1S/C23H17BrFN3O2/c24-17-8-9-22(30-14-15-4-3-5-18(25)10-15)16(11-17)12-27-28-23(29)20-13-26-21-7-2-1-6-19(20)21/h1-13,26H,14H2,(H,28,29)/b27-12+. The zero-order valence-corrected chi connectivity index (χ0v) is 17.3. The first kappa shape index (κ1) is 19.8. The molecule has 1 amide bonds. The lowest BCUT2D eigenvalue weighted by Crippen LogP contribution is -2.17. The average molecular weight is 466 g/mol. The molecule has 1 aromatic heterocycles. The van der Waals surface area contributed by atoms with Crippen LogP contribution in [0.1, 0.15) is 21.5 Å². The lowest BCUT2D eigenvalue weighted by atomic mass is 10.2. The topological polar surface area (TPSA) is 66.5 Å². The maximum Gasteiger partial charge on any atom is 0.273 e. The number of halogens is 2. The molecule has 0 aliphatic heterocycles. The highest BCUT2D eigenvalue weighted by atomic mass is 79.9. The van der Waals surface area contributed by atoms with E-state index in [9.17, 15) is 9.18 Å². The number of hydrazone groups is 1. The maximum absolute atomic E-state index is 13.4. The van der Waals surface area contributed by atoms with Crippen LogP contribution in [0.5, 0.6) is 5.75 Å². The highest BCUT2D eigenvalue weighted by molar-refractivity contribution is 9.10. The van der Waals surface area contributed by atoms with E-state index in [1.807, 2.05) is 36.4 Å². The van der Waals surface area contributed by atoms with Crippen molar-refractivity contribution >= 4 is 39.0 Å². The fourth-order valence-corrected chi connectivity index (χ4v) is 3.40. The molecule has 0 unspecified atom stereocenters. The number of aromatic nitrogens is 1. The van der Waals surface area contributed by atoms with Gasteiger partial charge in [-0.2, -0.15) is 5.10 Å². The summed E-state index contributed by atoms with van der Waals surface area (Å²) in [5, 5.41) is 4.90. The molecular formula is C23H17BrFN3O2. The first-order valence-electron chi connectivity index (χ1n) is 9.16. The van der Waals surface area contributed by atoms with Crippen molar-refractivity contribution < 1.29 is 13.9 Å². The van der Waals surface area contributed by atoms with Gasteiger partial charge < -0.3 is 9.72 Å². The summed E-state index contributed by atoms with van der Waals surface area (Å²) in [5.41, 5.74) is 5.32. The largest absolute Gasteiger partial charge is 0.488 e. The van der Waals surface area contributed by atoms with Gasteiger partial charge in [0.1, 0.15) is 18.2 Å². The van der Waals surface area contributed by atoms with Gasteiger partial charge in [-0.05, 0) is 42.0 Å². The van der Waals surface area contributed by atoms with Crippen LogP contribution in [0.15, 0.2) is 82.5 Å². The van der Waals surface area contributed by atoms with Crippen molar-refractivity contribution in [3.8, 4) is 5.75 Å². The highest BCUT2D eigenvalue weighted by Crippen LogP contribution is 2.23. The Morgan fingerprint density at radius 2 is 2.00 bits per heavy atom. The number of para-hydroxylation sites is 1. The average Bonchev–Trinajstić information content (AvgIpc) is 3.17. The summed E-state index contributed by atoms with van der Waals surface area (Å²) in [6.07, 6.45) is 3.17. The molecule has 5 nitrogen and oxygen atoms in total. The molecule has 30 heavy (non-hydrogen) atoms. The second kappa shape index (κ2) is 8.92. The second-order valence-corrected chi connectivity index (χ2v) is 7.46. The van der Waals surface area contributed by atoms with E-state index in [1.165, 1.54) is 18.3 Å². The zero-order valence-electron chi connectivity index (χ0n) is 15.7. The van der Waals surface area contributed by atoms with Crippen molar-refractivity contribution in [3.63, 3.8) is 0 Å². The molecule has 4 rings (SSSR count). The van der Waals surface area contributed by atoms with Crippen LogP contribution in [-0.2, 0) is 6.61 Å². The number of rotatable bonds is 6. The Labute approximate surface area is 180 Å². The Bertz CT molecular complexity index is 1240. The molecule has 3 aromatic carbocycles. The molecule has 0 aliphatic carbocycles. The molecule has 7 heteroatoms. The predicted molar refractivity (Wildman–Crippen MR) is 118 cm³/mol. The number of fused-ring (bicyclic) bond motifs is 1. The minimum Gasteiger partial charge on any atom is -0.488 e. The van der Waals surface area contributed by atoms with Crippen molar-refractivity contribution in [2.75, 3.05) is 0 Å². The van der Waals surface area contributed by atoms with E-state index < -0.39 is 0 Å². The van der Waals surface area contributed by atoms with E-state index in [1.54, 1.807) is 24.4 Å². The molecule has 0 saturated carbocycles. The summed E-state index contributed by atoms with van der Waals surface area (Å²) in [5.74, 6) is -0.0674. The number of carbonyl (C=O) groups excluding carboxylic acids is 1. The van der Waals surface area contributed by atoms with Gasteiger partial charge in [0, 0.05) is 27.1 Å². The molecule has 2 N–H and O–H groups in total. The van der Waals surface area contributed by atoms with Gasteiger partial charge in [-0.3, -0.25) is 4.79 Å². The van der Waals surface area contributed by atoms with Crippen LogP contribution in [0.4, 0.5) is 4.39 Å². The summed E-state index contributed by atoms with van der Waals surface area (Å²) in [6, 6.07) is 19.2. The van der Waals surface area contributed by atoms with Crippen LogP contribution in [0, 0.1) is 5.82 Å². The molecule has 0 radical (unpaired) electrons. The van der Waals surface area contributed by atoms with E-state index >= 15 is 0 Å². The van der Waals surface area contributed by atoms with Gasteiger partial charge in [-0.25, -0.2) is 9.82 Å². The Morgan fingerprint density at radius 1 is 1.13 bits per heavy atom. The number of amides is 1. The zero-order chi connectivity index (χ0) is 20.9. The Kier molecular flexibility index (Phi) is 5.90.